The summed E-state index contributed by atoms with van der Waals surface area (Å²) in [5.41, 5.74) is 7.78. The molecule has 0 saturated heterocycles. The fourth-order valence-corrected chi connectivity index (χ4v) is 1.92. The largest absolute Gasteiger partial charge is 0.341 e. The van der Waals surface area contributed by atoms with E-state index in [0.29, 0.717) is 11.3 Å². The van der Waals surface area contributed by atoms with Crippen molar-refractivity contribution >= 4 is 17.5 Å². The van der Waals surface area contributed by atoms with E-state index in [1.807, 2.05) is 6.07 Å². The predicted octanol–water partition coefficient (Wildman–Crippen LogP) is 0.600. The van der Waals surface area contributed by atoms with Crippen molar-refractivity contribution in [2.75, 3.05) is 18.9 Å². The lowest BCUT2D eigenvalue weighted by Gasteiger charge is -2.25. The fraction of sp³-hybridized carbons (Fsp3) is 0.385. The molecule has 0 unspecified atom stereocenters. The van der Waals surface area contributed by atoms with Crippen molar-refractivity contribution in [2.45, 2.75) is 19.4 Å². The molecule has 0 aromatic heterocycles. The number of nitrogens with one attached hydrogen (secondary N) is 1. The van der Waals surface area contributed by atoms with Gasteiger partial charge in [-0.1, -0.05) is 6.07 Å². The van der Waals surface area contributed by atoms with Crippen LogP contribution in [0.2, 0.25) is 0 Å². The van der Waals surface area contributed by atoms with Gasteiger partial charge >= 0.3 is 0 Å². The second-order valence-corrected chi connectivity index (χ2v) is 4.63. The van der Waals surface area contributed by atoms with Crippen LogP contribution in [0.3, 0.4) is 0 Å². The number of fused-ring (bicyclic) bond motifs is 1. The van der Waals surface area contributed by atoms with E-state index in [9.17, 15) is 9.59 Å². The minimum Gasteiger partial charge on any atom is -0.341 e. The zero-order valence-corrected chi connectivity index (χ0v) is 10.6. The molecule has 1 aliphatic heterocycles. The molecule has 0 radical (unpaired) electrons. The topological polar surface area (TPSA) is 75.4 Å². The summed E-state index contributed by atoms with van der Waals surface area (Å²) >= 11 is 0. The van der Waals surface area contributed by atoms with Crippen molar-refractivity contribution < 1.29 is 9.59 Å². The van der Waals surface area contributed by atoms with Crippen molar-refractivity contribution in [3.05, 3.63) is 29.3 Å². The van der Waals surface area contributed by atoms with E-state index in [4.69, 9.17) is 5.73 Å². The Labute approximate surface area is 106 Å². The second-order valence-electron chi connectivity index (χ2n) is 4.63. The van der Waals surface area contributed by atoms with Gasteiger partial charge in [-0.25, -0.2) is 0 Å². The van der Waals surface area contributed by atoms with Gasteiger partial charge in [0.2, 0.25) is 5.91 Å². The normalized spacial score (nSPS) is 16.2. The summed E-state index contributed by atoms with van der Waals surface area (Å²) in [4.78, 5) is 25.2. The number of likely N-dealkylation sites (N-methyl/N-ethyl adjacent to an activating group) is 1. The molecule has 1 aliphatic rings. The van der Waals surface area contributed by atoms with Crippen LogP contribution in [-0.4, -0.2) is 36.3 Å². The lowest BCUT2D eigenvalue weighted by molar-refractivity contribution is -0.117. The van der Waals surface area contributed by atoms with Crippen molar-refractivity contribution in [1.29, 1.82) is 0 Å². The van der Waals surface area contributed by atoms with Crippen LogP contribution in [0.1, 0.15) is 22.8 Å². The summed E-state index contributed by atoms with van der Waals surface area (Å²) in [6.07, 6.45) is 0.846. The average molecular weight is 247 g/mol. The molecule has 0 bridgehead atoms. The Kier molecular flexibility index (Phi) is 3.34. The number of anilines is 1. The molecule has 1 aromatic rings. The van der Waals surface area contributed by atoms with E-state index in [1.54, 1.807) is 31.0 Å². The highest BCUT2D eigenvalue weighted by molar-refractivity contribution is 5.99. The van der Waals surface area contributed by atoms with Crippen LogP contribution in [0.15, 0.2) is 18.2 Å². The minimum absolute atomic E-state index is 0.00635. The maximum Gasteiger partial charge on any atom is 0.253 e. The molecule has 1 aromatic carbocycles. The highest BCUT2D eigenvalue weighted by Crippen LogP contribution is 2.22. The maximum atomic E-state index is 12.0. The molecule has 5 heteroatoms. The maximum absolute atomic E-state index is 12.0. The molecule has 0 fully saturated rings. The van der Waals surface area contributed by atoms with E-state index < -0.39 is 6.04 Å². The molecule has 96 valence electrons. The third-order valence-electron chi connectivity index (χ3n) is 3.08. The molecule has 0 saturated carbocycles. The molecule has 1 heterocycles. The minimum atomic E-state index is -0.570. The first kappa shape index (κ1) is 12.6. The highest BCUT2D eigenvalue weighted by Gasteiger charge is 2.21. The van der Waals surface area contributed by atoms with Crippen molar-refractivity contribution in [2.24, 2.45) is 5.73 Å². The van der Waals surface area contributed by atoms with Gasteiger partial charge in [0.1, 0.15) is 0 Å². The number of benzene rings is 1. The van der Waals surface area contributed by atoms with Crippen LogP contribution in [0.5, 0.6) is 0 Å². The number of carbonyl (C=O) groups excluding carboxylic acids is 2. The monoisotopic (exact) mass is 247 g/mol. The van der Waals surface area contributed by atoms with E-state index in [-0.39, 0.29) is 11.8 Å². The van der Waals surface area contributed by atoms with Crippen LogP contribution in [0.4, 0.5) is 5.69 Å². The summed E-state index contributed by atoms with van der Waals surface area (Å²) in [7, 11) is 1.78. The SMILES string of the molecule is C[C@H](N)C(=O)Nc1ccc2c(c1)C(=O)N(C)CC2. The molecule has 0 spiro atoms. The number of carbonyl (C=O) groups is 2. The predicted molar refractivity (Wildman–Crippen MR) is 69.4 cm³/mol. The van der Waals surface area contributed by atoms with Crippen molar-refractivity contribution in [3.8, 4) is 0 Å². The first-order valence-corrected chi connectivity index (χ1v) is 5.94. The average Bonchev–Trinajstić information content (AvgIpc) is 2.34. The van der Waals surface area contributed by atoms with E-state index in [1.165, 1.54) is 0 Å². The highest BCUT2D eigenvalue weighted by atomic mass is 16.2. The van der Waals surface area contributed by atoms with Gasteiger partial charge in [-0.05, 0) is 31.0 Å². The Morgan fingerprint density at radius 2 is 2.22 bits per heavy atom. The van der Waals surface area contributed by atoms with Gasteiger partial charge in [0.05, 0.1) is 6.04 Å². The summed E-state index contributed by atoms with van der Waals surface area (Å²) in [5, 5.41) is 2.69. The summed E-state index contributed by atoms with van der Waals surface area (Å²) in [6, 6.07) is 4.84. The summed E-state index contributed by atoms with van der Waals surface area (Å²) in [6.45, 7) is 2.35. The Morgan fingerprint density at radius 1 is 1.50 bits per heavy atom. The van der Waals surface area contributed by atoms with E-state index in [0.717, 1.165) is 18.5 Å². The Morgan fingerprint density at radius 3 is 2.89 bits per heavy atom. The lowest BCUT2D eigenvalue weighted by Crippen LogP contribution is -2.35. The molecule has 18 heavy (non-hydrogen) atoms. The Hall–Kier alpha value is -1.88. The molecule has 1 atom stereocenters. The molecule has 2 rings (SSSR count). The number of hydrogen-bond acceptors (Lipinski definition) is 3. The van der Waals surface area contributed by atoms with Gasteiger partial charge in [0.15, 0.2) is 0 Å². The van der Waals surface area contributed by atoms with Crippen LogP contribution in [-0.2, 0) is 11.2 Å². The number of rotatable bonds is 2. The first-order valence-electron chi connectivity index (χ1n) is 5.94. The van der Waals surface area contributed by atoms with Gasteiger partial charge in [0, 0.05) is 24.8 Å². The molecule has 5 nitrogen and oxygen atoms in total. The van der Waals surface area contributed by atoms with Gasteiger partial charge in [-0.3, -0.25) is 9.59 Å². The van der Waals surface area contributed by atoms with Crippen molar-refractivity contribution in [1.82, 2.24) is 4.90 Å². The molecule has 0 aliphatic carbocycles. The number of hydrogen-bond donors (Lipinski definition) is 2. The quantitative estimate of drug-likeness (QED) is 0.803. The Balaban J connectivity index is 2.26. The summed E-state index contributed by atoms with van der Waals surface area (Å²) in [5.74, 6) is -0.264. The van der Waals surface area contributed by atoms with Crippen LogP contribution in [0.25, 0.3) is 0 Å². The van der Waals surface area contributed by atoms with Crippen LogP contribution < -0.4 is 11.1 Å². The zero-order valence-electron chi connectivity index (χ0n) is 10.6. The second kappa shape index (κ2) is 4.78. The Bertz CT molecular complexity index is 497. The third-order valence-corrected chi connectivity index (χ3v) is 3.08. The molecular weight excluding hydrogens is 230 g/mol. The number of nitrogens with two attached hydrogens (primary N) is 1. The van der Waals surface area contributed by atoms with Crippen molar-refractivity contribution in [3.63, 3.8) is 0 Å². The van der Waals surface area contributed by atoms with E-state index in [2.05, 4.69) is 5.32 Å². The fourth-order valence-electron chi connectivity index (χ4n) is 1.92. The van der Waals surface area contributed by atoms with Gasteiger partial charge in [0.25, 0.3) is 5.91 Å². The standard InChI is InChI=1S/C13H17N3O2/c1-8(14)12(17)15-10-4-3-9-5-6-16(2)13(18)11(9)7-10/h3-4,7-8H,5-6,14H2,1-2H3,(H,15,17)/t8-/m0/s1. The van der Waals surface area contributed by atoms with E-state index >= 15 is 0 Å². The first-order chi connectivity index (χ1) is 8.49. The smallest absolute Gasteiger partial charge is 0.253 e. The van der Waals surface area contributed by atoms with Gasteiger partial charge in [-0.2, -0.15) is 0 Å². The summed E-state index contributed by atoms with van der Waals surface area (Å²) < 4.78 is 0. The van der Waals surface area contributed by atoms with Gasteiger partial charge < -0.3 is 16.0 Å². The lowest BCUT2D eigenvalue weighted by atomic mass is 9.98. The molecule has 2 amide bonds. The number of nitrogens with zero attached hydrogens (tertiary/aromatic N) is 1. The number of amides is 2. The molecule has 3 N–H and O–H groups in total. The van der Waals surface area contributed by atoms with Crippen LogP contribution in [0, 0.1) is 0 Å². The zero-order chi connectivity index (χ0) is 13.3. The van der Waals surface area contributed by atoms with Gasteiger partial charge in [-0.15, -0.1) is 0 Å². The third kappa shape index (κ3) is 2.36. The molecular formula is C13H17N3O2. The van der Waals surface area contributed by atoms with Crippen LogP contribution >= 0.6 is 0 Å².